The van der Waals surface area contributed by atoms with Crippen LogP contribution in [0.25, 0.3) is 28.3 Å². The minimum atomic E-state index is -4.11. The van der Waals surface area contributed by atoms with Crippen LogP contribution in [0, 0.1) is 5.41 Å². The number of benzene rings is 4. The van der Waals surface area contributed by atoms with Crippen LogP contribution in [0.2, 0.25) is 0 Å². The molecule has 4 aromatic carbocycles. The van der Waals surface area contributed by atoms with Gasteiger partial charge in [0.15, 0.2) is 0 Å². The first-order valence-electron chi connectivity index (χ1n) is 17.1. The van der Waals surface area contributed by atoms with Gasteiger partial charge < -0.3 is 0 Å². The van der Waals surface area contributed by atoms with Crippen molar-refractivity contribution in [2.45, 2.75) is 96.5 Å². The molecule has 46 heavy (non-hydrogen) atoms. The van der Waals surface area contributed by atoms with Gasteiger partial charge in [0.05, 0.1) is 0 Å². The molecular formula is C42H50Cl2SiZr. The van der Waals surface area contributed by atoms with Crippen LogP contribution in [-0.2, 0) is 35.1 Å². The van der Waals surface area contributed by atoms with E-state index in [0.29, 0.717) is 0 Å². The van der Waals surface area contributed by atoms with Crippen LogP contribution in [0.15, 0.2) is 78.4 Å². The number of rotatable bonds is 5. The summed E-state index contributed by atoms with van der Waals surface area (Å²) in [6.07, 6.45) is 4.66. The normalized spacial score (nSPS) is 16.8. The van der Waals surface area contributed by atoms with Gasteiger partial charge in [-0.05, 0) is 0 Å². The zero-order chi connectivity index (χ0) is 33.4. The fourth-order valence-electron chi connectivity index (χ4n) is 7.62. The Morgan fingerprint density at radius 3 is 1.96 bits per heavy atom. The number of fused-ring (bicyclic) bond motifs is 4. The van der Waals surface area contributed by atoms with E-state index in [2.05, 4.69) is 148 Å². The van der Waals surface area contributed by atoms with Crippen molar-refractivity contribution in [3.63, 3.8) is 0 Å². The summed E-state index contributed by atoms with van der Waals surface area (Å²) in [6, 6.07) is 27.9. The molecule has 0 radical (unpaired) electrons. The van der Waals surface area contributed by atoms with Crippen molar-refractivity contribution in [1.29, 1.82) is 0 Å². The Bertz CT molecular complexity index is 1830. The number of aryl methyl sites for hydroxylation is 1. The second-order valence-corrected chi connectivity index (χ2v) is 32.5. The third-order valence-corrected chi connectivity index (χ3v) is 24.4. The second kappa shape index (κ2) is 12.0. The minimum absolute atomic E-state index is 0.0425. The molecule has 0 nitrogen and oxygen atoms in total. The first-order valence-corrected chi connectivity index (χ1v) is 27.4. The van der Waals surface area contributed by atoms with Crippen LogP contribution in [0.1, 0.15) is 107 Å². The van der Waals surface area contributed by atoms with Crippen LogP contribution >= 0.6 is 17.0 Å². The zero-order valence-corrected chi connectivity index (χ0v) is 34.8. The van der Waals surface area contributed by atoms with Gasteiger partial charge in [-0.1, -0.05) is 0 Å². The molecule has 0 amide bonds. The Morgan fingerprint density at radius 1 is 0.717 bits per heavy atom. The molecule has 0 saturated carbocycles. The Morgan fingerprint density at radius 2 is 1.35 bits per heavy atom. The average molecular weight is 745 g/mol. The molecular weight excluding hydrogens is 695 g/mol. The van der Waals surface area contributed by atoms with Crippen molar-refractivity contribution in [1.82, 2.24) is 0 Å². The molecule has 6 rings (SSSR count). The monoisotopic (exact) mass is 742 g/mol. The van der Waals surface area contributed by atoms with Gasteiger partial charge in [-0.2, -0.15) is 0 Å². The van der Waals surface area contributed by atoms with Gasteiger partial charge in [-0.15, -0.1) is 0 Å². The fourth-order valence-corrected chi connectivity index (χ4v) is 24.7. The molecule has 0 spiro atoms. The van der Waals surface area contributed by atoms with Crippen molar-refractivity contribution in [2.24, 2.45) is 5.41 Å². The second-order valence-electron chi connectivity index (χ2n) is 16.7. The fraction of sp³-hybridized carbons (Fsp3) is 0.381. The Labute approximate surface area is 292 Å². The van der Waals surface area contributed by atoms with E-state index in [1.807, 2.05) is 0 Å². The average Bonchev–Trinajstić information content (AvgIpc) is 3.55. The number of hydrogen-bond donors (Lipinski definition) is 0. The van der Waals surface area contributed by atoms with Crippen LogP contribution in [0.3, 0.4) is 0 Å². The molecule has 4 aromatic rings. The standard InChI is InChI=1S/C30H41.C12H9Si.2ClH.Zr/c1-11-12-20-13-14-21-15-25(30(8,9)10)19-26(21)27(20)22-16-23(28(2,3)4)18-24(17-22)29(5,6)7;1-3-7-11-9(5-1)10-6-2-4-8-12(10)13-11;;;/h13-19H,11-12H2,1-10H3;1-7H,13H2;2*1H;/q;;;;+2/p-2. The van der Waals surface area contributed by atoms with Crippen LogP contribution in [-0.4, -0.2) is 9.52 Å². The third-order valence-electron chi connectivity index (χ3n) is 10.2. The summed E-state index contributed by atoms with van der Waals surface area (Å²) in [5.41, 5.74) is 13.8. The molecule has 1 heterocycles. The van der Waals surface area contributed by atoms with E-state index in [-0.39, 0.29) is 19.9 Å². The molecule has 2 aliphatic rings. The van der Waals surface area contributed by atoms with Crippen molar-refractivity contribution in [3.8, 4) is 22.3 Å². The summed E-state index contributed by atoms with van der Waals surface area (Å²) in [5, 5.41) is 3.00. The summed E-state index contributed by atoms with van der Waals surface area (Å²) in [6.45, 7) is 23.3. The van der Waals surface area contributed by atoms with E-state index in [0.717, 1.165) is 12.8 Å². The number of halogens is 2. The predicted octanol–water partition coefficient (Wildman–Crippen LogP) is 10.3. The van der Waals surface area contributed by atoms with Gasteiger partial charge in [-0.25, -0.2) is 0 Å². The molecule has 4 heteroatoms. The van der Waals surface area contributed by atoms with Gasteiger partial charge in [0, 0.05) is 0 Å². The van der Waals surface area contributed by atoms with E-state index in [4.69, 9.17) is 17.0 Å². The molecule has 0 bridgehead atoms. The topological polar surface area (TPSA) is 0 Å². The number of hydrogen-bond acceptors (Lipinski definition) is 0. The van der Waals surface area contributed by atoms with E-state index >= 15 is 0 Å². The Hall–Kier alpha value is -1.70. The van der Waals surface area contributed by atoms with Gasteiger partial charge in [0.25, 0.3) is 0 Å². The first-order chi connectivity index (χ1) is 21.4. The van der Waals surface area contributed by atoms with Crippen LogP contribution in [0.5, 0.6) is 0 Å². The van der Waals surface area contributed by atoms with E-state index < -0.39 is 27.4 Å². The maximum absolute atomic E-state index is 8.05. The first kappa shape index (κ1) is 34.2. The molecule has 0 fully saturated rings. The Kier molecular flexibility index (Phi) is 8.93. The molecule has 1 aliphatic heterocycles. The van der Waals surface area contributed by atoms with Crippen molar-refractivity contribution in [2.75, 3.05) is 0 Å². The van der Waals surface area contributed by atoms with Crippen LogP contribution < -0.4 is 13.6 Å². The quantitative estimate of drug-likeness (QED) is 0.157. The van der Waals surface area contributed by atoms with Gasteiger partial charge in [0.1, 0.15) is 0 Å². The maximum atomic E-state index is 8.05. The Balaban J connectivity index is 1.61. The summed E-state index contributed by atoms with van der Waals surface area (Å²) in [4.78, 5) is 0. The molecule has 1 atom stereocenters. The third kappa shape index (κ3) is 6.04. The molecule has 1 aliphatic carbocycles. The predicted molar refractivity (Wildman–Crippen MR) is 204 cm³/mol. The summed E-state index contributed by atoms with van der Waals surface area (Å²) < 4.78 is 1.36. The summed E-state index contributed by atoms with van der Waals surface area (Å²) >= 11 is -4.11. The zero-order valence-electron chi connectivity index (χ0n) is 29.5. The van der Waals surface area contributed by atoms with E-state index in [9.17, 15) is 0 Å². The summed E-state index contributed by atoms with van der Waals surface area (Å²) in [7, 11) is 15.4. The molecule has 1 unspecified atom stereocenters. The molecule has 0 saturated heterocycles. The van der Waals surface area contributed by atoms with Crippen molar-refractivity contribution < 1.29 is 17.9 Å². The van der Waals surface area contributed by atoms with E-state index in [1.54, 1.807) is 0 Å². The number of allylic oxidation sites excluding steroid dienone is 1. The molecule has 0 aromatic heterocycles. The SMILES string of the molecule is CCCc1ccc2c(c1-c1cc(C(C)(C)C)cc(C(C)(C)C)c1)C=C(C(C)(C)C)[CH]2[Zr]([Cl])([Cl])[c]1cccc2c1[SiH2]c1ccccc1-2. The van der Waals surface area contributed by atoms with Gasteiger partial charge >= 0.3 is 295 Å². The van der Waals surface area contributed by atoms with E-state index in [1.165, 1.54) is 69.3 Å². The summed E-state index contributed by atoms with van der Waals surface area (Å²) in [5.74, 6) is 0. The van der Waals surface area contributed by atoms with Gasteiger partial charge in [-0.3, -0.25) is 0 Å². The molecule has 0 N–H and O–H groups in total. The van der Waals surface area contributed by atoms with Gasteiger partial charge in [0.2, 0.25) is 0 Å². The molecule has 240 valence electrons. The van der Waals surface area contributed by atoms with Crippen LogP contribution in [0.4, 0.5) is 0 Å². The van der Waals surface area contributed by atoms with Crippen molar-refractivity contribution in [3.05, 3.63) is 106 Å². The van der Waals surface area contributed by atoms with Crippen molar-refractivity contribution >= 4 is 46.3 Å².